The molecule has 1 aliphatic rings. The van der Waals surface area contributed by atoms with Crippen molar-refractivity contribution < 1.29 is 9.53 Å². The van der Waals surface area contributed by atoms with Crippen LogP contribution in [0.2, 0.25) is 0 Å². The van der Waals surface area contributed by atoms with Crippen LogP contribution in [0.1, 0.15) is 18.7 Å². The summed E-state index contributed by atoms with van der Waals surface area (Å²) in [5, 5.41) is 10.4. The van der Waals surface area contributed by atoms with Gasteiger partial charge in [-0.25, -0.2) is 9.97 Å². The normalized spacial score (nSPS) is 15.9. The molecule has 176 valence electrons. The van der Waals surface area contributed by atoms with E-state index >= 15 is 0 Å². The molecule has 1 amide bonds. The number of fused-ring (bicyclic) bond motifs is 1. The van der Waals surface area contributed by atoms with Crippen molar-refractivity contribution in [2.45, 2.75) is 13.0 Å². The van der Waals surface area contributed by atoms with E-state index in [0.717, 1.165) is 52.2 Å². The molecule has 3 N–H and O–H groups in total. The summed E-state index contributed by atoms with van der Waals surface area (Å²) in [6.45, 7) is 4.12. The van der Waals surface area contributed by atoms with Crippen LogP contribution in [0.15, 0.2) is 79.1 Å². The van der Waals surface area contributed by atoms with E-state index in [-0.39, 0.29) is 12.0 Å². The predicted molar refractivity (Wildman–Crippen MR) is 138 cm³/mol. The van der Waals surface area contributed by atoms with Gasteiger partial charge in [0.1, 0.15) is 6.10 Å². The lowest BCUT2D eigenvalue weighted by atomic mass is 10.0. The summed E-state index contributed by atoms with van der Waals surface area (Å²) in [5.74, 6) is 0.315. The maximum absolute atomic E-state index is 12.0. The Kier molecular flexibility index (Phi) is 6.74. The van der Waals surface area contributed by atoms with E-state index in [9.17, 15) is 4.79 Å². The van der Waals surface area contributed by atoms with E-state index in [1.807, 2.05) is 61.5 Å². The Balaban J connectivity index is 1.40. The molecule has 1 saturated heterocycles. The number of ether oxygens (including phenoxy) is 1. The molecule has 2 aromatic heterocycles. The van der Waals surface area contributed by atoms with Gasteiger partial charge in [-0.1, -0.05) is 36.4 Å². The highest BCUT2D eigenvalue weighted by Crippen LogP contribution is 2.30. The first-order valence-electron chi connectivity index (χ1n) is 11.5. The Bertz CT molecular complexity index is 1360. The number of morpholine rings is 1. The van der Waals surface area contributed by atoms with Gasteiger partial charge in [0.25, 0.3) is 0 Å². The fourth-order valence-electron chi connectivity index (χ4n) is 4.00. The molecule has 0 bridgehead atoms. The van der Waals surface area contributed by atoms with Crippen LogP contribution in [0.4, 0.5) is 17.3 Å². The average molecular weight is 467 g/mol. The highest BCUT2D eigenvalue weighted by atomic mass is 16.5. The third-order valence-corrected chi connectivity index (χ3v) is 5.67. The number of pyridine rings is 1. The van der Waals surface area contributed by atoms with Gasteiger partial charge < -0.3 is 20.7 Å². The molecule has 1 atom stereocenters. The van der Waals surface area contributed by atoms with Crippen molar-refractivity contribution in [1.82, 2.24) is 20.3 Å². The van der Waals surface area contributed by atoms with Crippen LogP contribution < -0.4 is 16.0 Å². The Hall–Kier alpha value is -4.14. The summed E-state index contributed by atoms with van der Waals surface area (Å²) in [7, 11) is 0. The number of aromatic nitrogens is 3. The number of amides is 1. The van der Waals surface area contributed by atoms with Gasteiger partial charge >= 0.3 is 0 Å². The van der Waals surface area contributed by atoms with Gasteiger partial charge in [-0.15, -0.1) is 0 Å². The molecule has 4 aromatic rings. The number of carbonyl (C=O) groups excluding carboxylic acids is 1. The number of nitrogens with one attached hydrogen (secondary N) is 3. The zero-order chi connectivity index (χ0) is 24.0. The fourth-order valence-corrected chi connectivity index (χ4v) is 4.00. The smallest absolute Gasteiger partial charge is 0.248 e. The standard InChI is InChI=1S/C27H26N6O2/c1-2-5-25(34)31-20-8-3-6-18(14-20)22-9-4-7-19-15-30-27(33-26(19)22)32-21-10-11-23(29-16-21)24-17-28-12-13-35-24/h2-11,14-16,24,28H,12-13,17H2,1H3,(H,31,34)(H,30,32,33)/b5-2-. The predicted octanol–water partition coefficient (Wildman–Crippen LogP) is 4.61. The first-order chi connectivity index (χ1) is 17.2. The van der Waals surface area contributed by atoms with E-state index in [0.29, 0.717) is 12.6 Å². The number of hydrogen-bond acceptors (Lipinski definition) is 7. The number of carbonyl (C=O) groups is 1. The lowest BCUT2D eigenvalue weighted by Gasteiger charge is -2.23. The second-order valence-corrected chi connectivity index (χ2v) is 8.17. The number of allylic oxidation sites excluding steroid dienone is 1. The maximum Gasteiger partial charge on any atom is 0.248 e. The SMILES string of the molecule is C/C=C\C(=O)Nc1cccc(-c2cccc3cnc(Nc4ccc(C5CNCCO5)nc4)nc23)c1. The minimum atomic E-state index is -0.165. The van der Waals surface area contributed by atoms with E-state index in [4.69, 9.17) is 9.72 Å². The van der Waals surface area contributed by atoms with Crippen molar-refractivity contribution in [3.63, 3.8) is 0 Å². The number of nitrogens with zero attached hydrogens (tertiary/aromatic N) is 3. The summed E-state index contributed by atoms with van der Waals surface area (Å²) >= 11 is 0. The molecule has 5 rings (SSSR count). The van der Waals surface area contributed by atoms with Crippen molar-refractivity contribution in [3.8, 4) is 11.1 Å². The molecular weight excluding hydrogens is 440 g/mol. The number of hydrogen-bond donors (Lipinski definition) is 3. The van der Waals surface area contributed by atoms with Crippen LogP contribution in [-0.4, -0.2) is 40.6 Å². The third-order valence-electron chi connectivity index (χ3n) is 5.67. The van der Waals surface area contributed by atoms with Crippen LogP contribution in [0, 0.1) is 0 Å². The minimum absolute atomic E-state index is 0.0316. The van der Waals surface area contributed by atoms with Crippen molar-refractivity contribution >= 4 is 34.1 Å². The molecule has 1 aliphatic heterocycles. The second-order valence-electron chi connectivity index (χ2n) is 8.17. The zero-order valence-corrected chi connectivity index (χ0v) is 19.4. The molecule has 1 fully saturated rings. The molecule has 35 heavy (non-hydrogen) atoms. The average Bonchev–Trinajstić information content (AvgIpc) is 2.89. The van der Waals surface area contributed by atoms with Crippen LogP contribution in [0.3, 0.4) is 0 Å². The van der Waals surface area contributed by atoms with Gasteiger partial charge in [-0.2, -0.15) is 0 Å². The lowest BCUT2D eigenvalue weighted by molar-refractivity contribution is -0.111. The Labute approximate surface area is 203 Å². The number of rotatable bonds is 6. The molecule has 0 saturated carbocycles. The molecule has 0 radical (unpaired) electrons. The monoisotopic (exact) mass is 466 g/mol. The molecule has 3 heterocycles. The Morgan fingerprint density at radius 3 is 2.80 bits per heavy atom. The first kappa shape index (κ1) is 22.6. The van der Waals surface area contributed by atoms with Gasteiger partial charge in [0.15, 0.2) is 0 Å². The fraction of sp³-hybridized carbons (Fsp3) is 0.185. The summed E-state index contributed by atoms with van der Waals surface area (Å²) in [5.41, 5.74) is 5.12. The maximum atomic E-state index is 12.0. The van der Waals surface area contributed by atoms with E-state index < -0.39 is 0 Å². The summed E-state index contributed by atoms with van der Waals surface area (Å²) in [6, 6.07) is 17.6. The van der Waals surface area contributed by atoms with Gasteiger partial charge in [0, 0.05) is 35.9 Å². The molecular formula is C27H26N6O2. The van der Waals surface area contributed by atoms with Gasteiger partial charge in [0.2, 0.25) is 11.9 Å². The highest BCUT2D eigenvalue weighted by molar-refractivity contribution is 6.00. The number of benzene rings is 2. The molecule has 2 aromatic carbocycles. The largest absolute Gasteiger partial charge is 0.369 e. The number of para-hydroxylation sites is 1. The van der Waals surface area contributed by atoms with E-state index in [1.54, 1.807) is 18.5 Å². The molecule has 8 heteroatoms. The lowest BCUT2D eigenvalue weighted by Crippen LogP contribution is -2.33. The summed E-state index contributed by atoms with van der Waals surface area (Å²) in [4.78, 5) is 25.8. The van der Waals surface area contributed by atoms with Gasteiger partial charge in [-0.05, 0) is 42.8 Å². The minimum Gasteiger partial charge on any atom is -0.369 e. The topological polar surface area (TPSA) is 101 Å². The second kappa shape index (κ2) is 10.4. The quantitative estimate of drug-likeness (QED) is 0.357. The van der Waals surface area contributed by atoms with Crippen molar-refractivity contribution in [2.24, 2.45) is 0 Å². The Morgan fingerprint density at radius 2 is 2.00 bits per heavy atom. The summed E-state index contributed by atoms with van der Waals surface area (Å²) < 4.78 is 5.77. The van der Waals surface area contributed by atoms with Gasteiger partial charge in [-0.3, -0.25) is 9.78 Å². The third kappa shape index (κ3) is 5.34. The summed E-state index contributed by atoms with van der Waals surface area (Å²) in [6.07, 6.45) is 6.74. The van der Waals surface area contributed by atoms with Crippen LogP contribution >= 0.6 is 0 Å². The van der Waals surface area contributed by atoms with Crippen molar-refractivity contribution in [2.75, 3.05) is 30.3 Å². The van der Waals surface area contributed by atoms with Crippen LogP contribution in [0.25, 0.3) is 22.0 Å². The van der Waals surface area contributed by atoms with E-state index in [2.05, 4.69) is 25.9 Å². The highest BCUT2D eigenvalue weighted by Gasteiger charge is 2.17. The van der Waals surface area contributed by atoms with Gasteiger partial charge in [0.05, 0.1) is 29.7 Å². The zero-order valence-electron chi connectivity index (χ0n) is 19.4. The molecule has 8 nitrogen and oxygen atoms in total. The molecule has 0 aliphatic carbocycles. The van der Waals surface area contributed by atoms with Crippen LogP contribution in [-0.2, 0) is 9.53 Å². The Morgan fingerprint density at radius 1 is 1.09 bits per heavy atom. The van der Waals surface area contributed by atoms with E-state index in [1.165, 1.54) is 6.08 Å². The van der Waals surface area contributed by atoms with Crippen molar-refractivity contribution in [1.29, 1.82) is 0 Å². The van der Waals surface area contributed by atoms with Crippen molar-refractivity contribution in [3.05, 3.63) is 84.8 Å². The first-order valence-corrected chi connectivity index (χ1v) is 11.5. The molecule has 1 unspecified atom stereocenters. The number of anilines is 3. The van der Waals surface area contributed by atoms with Crippen LogP contribution in [0.5, 0.6) is 0 Å². The molecule has 0 spiro atoms.